The quantitative estimate of drug-likeness (QED) is 0.794. The first-order chi connectivity index (χ1) is 8.90. The zero-order chi connectivity index (χ0) is 12.4. The summed E-state index contributed by atoms with van der Waals surface area (Å²) in [6.07, 6.45) is 8.72. The van der Waals surface area contributed by atoms with Crippen molar-refractivity contribution in [2.24, 2.45) is 0 Å². The van der Waals surface area contributed by atoms with Gasteiger partial charge in [0.05, 0.1) is 17.4 Å². The van der Waals surface area contributed by atoms with E-state index in [1.165, 1.54) is 25.7 Å². The lowest BCUT2D eigenvalue weighted by Gasteiger charge is -2.15. The average Bonchev–Trinajstić information content (AvgIpc) is 3.09. The van der Waals surface area contributed by atoms with Crippen LogP contribution >= 0.6 is 24.0 Å². The molecule has 1 aliphatic rings. The van der Waals surface area contributed by atoms with Crippen molar-refractivity contribution in [2.75, 3.05) is 0 Å². The fourth-order valence-electron chi connectivity index (χ4n) is 2.72. The molecule has 0 saturated heterocycles. The Morgan fingerprint density at radius 2 is 2.00 bits per heavy atom. The first kappa shape index (κ1) is 14.4. The third kappa shape index (κ3) is 2.77. The summed E-state index contributed by atoms with van der Waals surface area (Å²) >= 11 is 5.99. The molecule has 5 heteroatoms. The van der Waals surface area contributed by atoms with Crippen LogP contribution in [0.1, 0.15) is 37.3 Å². The number of aromatic nitrogens is 3. The van der Waals surface area contributed by atoms with Crippen molar-refractivity contribution in [2.45, 2.75) is 37.6 Å². The lowest BCUT2D eigenvalue weighted by molar-refractivity contribution is 0.471. The summed E-state index contributed by atoms with van der Waals surface area (Å²) in [4.78, 5) is 4.48. The predicted molar refractivity (Wildman–Crippen MR) is 79.8 cm³/mol. The van der Waals surface area contributed by atoms with Crippen molar-refractivity contribution in [3.63, 3.8) is 0 Å². The van der Waals surface area contributed by atoms with Crippen molar-refractivity contribution in [3.05, 3.63) is 36.2 Å². The Labute approximate surface area is 124 Å². The van der Waals surface area contributed by atoms with Crippen molar-refractivity contribution in [1.29, 1.82) is 0 Å². The molecule has 0 unspecified atom stereocenters. The maximum Gasteiger partial charge on any atom is 0.0927 e. The molecule has 1 fully saturated rings. The standard InChI is InChI=1S/C14H16ClN3.ClH/c15-10-11-4-3-8-16-14(11)13-7-9-17-18(13)12-5-1-2-6-12;/h3-4,7-9,12H,1-2,5-6,10H2;1H. The van der Waals surface area contributed by atoms with Gasteiger partial charge in [0.15, 0.2) is 0 Å². The van der Waals surface area contributed by atoms with Gasteiger partial charge in [-0.1, -0.05) is 18.9 Å². The Morgan fingerprint density at radius 3 is 2.74 bits per heavy atom. The summed E-state index contributed by atoms with van der Waals surface area (Å²) in [5.41, 5.74) is 3.13. The van der Waals surface area contributed by atoms with E-state index in [-0.39, 0.29) is 12.4 Å². The molecule has 2 aromatic rings. The van der Waals surface area contributed by atoms with Crippen LogP contribution in [0.15, 0.2) is 30.6 Å². The van der Waals surface area contributed by atoms with Gasteiger partial charge in [-0.15, -0.1) is 24.0 Å². The highest BCUT2D eigenvalue weighted by atomic mass is 35.5. The molecule has 1 saturated carbocycles. The van der Waals surface area contributed by atoms with E-state index in [9.17, 15) is 0 Å². The zero-order valence-electron chi connectivity index (χ0n) is 10.6. The third-order valence-corrected chi connectivity index (χ3v) is 3.91. The molecule has 0 aromatic carbocycles. The van der Waals surface area contributed by atoms with E-state index in [2.05, 4.69) is 14.8 Å². The van der Waals surface area contributed by atoms with E-state index in [4.69, 9.17) is 11.6 Å². The molecule has 102 valence electrons. The molecule has 0 N–H and O–H groups in total. The van der Waals surface area contributed by atoms with Gasteiger partial charge >= 0.3 is 0 Å². The first-order valence-corrected chi connectivity index (χ1v) is 6.97. The van der Waals surface area contributed by atoms with Crippen LogP contribution in [0.4, 0.5) is 0 Å². The van der Waals surface area contributed by atoms with Crippen LogP contribution in [0.25, 0.3) is 11.4 Å². The number of nitrogens with zero attached hydrogens (tertiary/aromatic N) is 3. The molecule has 0 aliphatic heterocycles. The van der Waals surface area contributed by atoms with Gasteiger partial charge < -0.3 is 0 Å². The summed E-state index contributed by atoms with van der Waals surface area (Å²) in [6, 6.07) is 6.52. The number of alkyl halides is 1. The second kappa shape index (κ2) is 6.40. The Morgan fingerprint density at radius 1 is 1.21 bits per heavy atom. The Bertz CT molecular complexity index is 533. The molecular weight excluding hydrogens is 281 g/mol. The maximum atomic E-state index is 5.99. The second-order valence-corrected chi connectivity index (χ2v) is 5.01. The maximum absolute atomic E-state index is 5.99. The topological polar surface area (TPSA) is 30.7 Å². The van der Waals surface area contributed by atoms with Gasteiger partial charge in [-0.25, -0.2) is 0 Å². The predicted octanol–water partition coefficient (Wildman–Crippen LogP) is 4.22. The molecule has 2 heterocycles. The lowest BCUT2D eigenvalue weighted by Crippen LogP contribution is -2.09. The van der Waals surface area contributed by atoms with Gasteiger partial charge in [0.1, 0.15) is 0 Å². The number of hydrogen-bond acceptors (Lipinski definition) is 2. The van der Waals surface area contributed by atoms with Crippen molar-refractivity contribution in [3.8, 4) is 11.4 Å². The highest BCUT2D eigenvalue weighted by Gasteiger charge is 2.21. The lowest BCUT2D eigenvalue weighted by atomic mass is 10.1. The summed E-state index contributed by atoms with van der Waals surface area (Å²) in [7, 11) is 0. The minimum Gasteiger partial charge on any atom is -0.260 e. The average molecular weight is 298 g/mol. The molecule has 0 atom stereocenters. The smallest absolute Gasteiger partial charge is 0.0927 e. The highest BCUT2D eigenvalue weighted by Crippen LogP contribution is 2.33. The molecule has 0 amide bonds. The van der Waals surface area contributed by atoms with Gasteiger partial charge in [-0.3, -0.25) is 9.67 Å². The summed E-state index contributed by atoms with van der Waals surface area (Å²) < 4.78 is 2.13. The van der Waals surface area contributed by atoms with Crippen LogP contribution in [0, 0.1) is 0 Å². The van der Waals surface area contributed by atoms with Gasteiger partial charge in [0.2, 0.25) is 0 Å². The Hall–Kier alpha value is -1.06. The summed E-state index contributed by atoms with van der Waals surface area (Å²) in [6.45, 7) is 0. The Kier molecular flexibility index (Phi) is 4.83. The number of pyridine rings is 1. The highest BCUT2D eigenvalue weighted by molar-refractivity contribution is 6.17. The summed E-state index contributed by atoms with van der Waals surface area (Å²) in [5, 5.41) is 4.48. The molecule has 3 rings (SSSR count). The van der Waals surface area contributed by atoms with Crippen LogP contribution in [0.5, 0.6) is 0 Å². The fraction of sp³-hybridized carbons (Fsp3) is 0.429. The number of halogens is 2. The molecule has 2 aromatic heterocycles. The molecule has 19 heavy (non-hydrogen) atoms. The molecule has 0 spiro atoms. The van der Waals surface area contributed by atoms with E-state index in [1.54, 1.807) is 0 Å². The molecule has 0 radical (unpaired) electrons. The van der Waals surface area contributed by atoms with E-state index in [1.807, 2.05) is 30.6 Å². The minimum absolute atomic E-state index is 0. The molecule has 1 aliphatic carbocycles. The zero-order valence-corrected chi connectivity index (χ0v) is 12.2. The first-order valence-electron chi connectivity index (χ1n) is 6.44. The Balaban J connectivity index is 0.00000133. The SMILES string of the molecule is Cl.ClCc1cccnc1-c1ccnn1C1CCCC1. The normalized spacial score (nSPS) is 15.4. The fourth-order valence-corrected chi connectivity index (χ4v) is 2.93. The van der Waals surface area contributed by atoms with E-state index in [0.29, 0.717) is 11.9 Å². The summed E-state index contributed by atoms with van der Waals surface area (Å²) in [5.74, 6) is 0.485. The minimum atomic E-state index is 0. The number of hydrogen-bond donors (Lipinski definition) is 0. The van der Waals surface area contributed by atoms with Crippen LogP contribution in [-0.2, 0) is 5.88 Å². The van der Waals surface area contributed by atoms with Crippen LogP contribution < -0.4 is 0 Å². The van der Waals surface area contributed by atoms with Gasteiger partial charge in [0.25, 0.3) is 0 Å². The van der Waals surface area contributed by atoms with Gasteiger partial charge in [-0.05, 0) is 30.5 Å². The van der Waals surface area contributed by atoms with Gasteiger partial charge in [-0.2, -0.15) is 5.10 Å². The molecular formula is C14H17Cl2N3. The van der Waals surface area contributed by atoms with Crippen molar-refractivity contribution < 1.29 is 0 Å². The van der Waals surface area contributed by atoms with E-state index < -0.39 is 0 Å². The largest absolute Gasteiger partial charge is 0.260 e. The van der Waals surface area contributed by atoms with Crippen molar-refractivity contribution in [1.82, 2.24) is 14.8 Å². The van der Waals surface area contributed by atoms with E-state index >= 15 is 0 Å². The molecule has 0 bridgehead atoms. The van der Waals surface area contributed by atoms with E-state index in [0.717, 1.165) is 17.0 Å². The van der Waals surface area contributed by atoms with Crippen LogP contribution in [0.3, 0.4) is 0 Å². The van der Waals surface area contributed by atoms with Crippen LogP contribution in [0.2, 0.25) is 0 Å². The van der Waals surface area contributed by atoms with Crippen molar-refractivity contribution >= 4 is 24.0 Å². The molecule has 3 nitrogen and oxygen atoms in total. The monoisotopic (exact) mass is 297 g/mol. The second-order valence-electron chi connectivity index (χ2n) is 4.74. The van der Waals surface area contributed by atoms with Gasteiger partial charge in [0, 0.05) is 18.3 Å². The van der Waals surface area contributed by atoms with Crippen LogP contribution in [-0.4, -0.2) is 14.8 Å². The number of rotatable bonds is 3. The third-order valence-electron chi connectivity index (χ3n) is 3.62.